The highest BCUT2D eigenvalue weighted by Crippen LogP contribution is 2.27. The van der Waals surface area contributed by atoms with Crippen LogP contribution in [0.1, 0.15) is 38.7 Å². The lowest BCUT2D eigenvalue weighted by Gasteiger charge is -2.22. The second kappa shape index (κ2) is 6.35. The van der Waals surface area contributed by atoms with Crippen LogP contribution in [0.3, 0.4) is 0 Å². The van der Waals surface area contributed by atoms with E-state index < -0.39 is 23.3 Å². The van der Waals surface area contributed by atoms with Gasteiger partial charge in [-0.15, -0.1) is 0 Å². The van der Waals surface area contributed by atoms with Crippen LogP contribution >= 0.6 is 11.6 Å². The molecule has 106 valence electrons. The summed E-state index contributed by atoms with van der Waals surface area (Å²) in [6.07, 6.45) is -0.0922. The predicted octanol–water partition coefficient (Wildman–Crippen LogP) is 3.29. The Morgan fingerprint density at radius 1 is 1.47 bits per heavy atom. The van der Waals surface area contributed by atoms with Crippen LogP contribution in [0.2, 0.25) is 5.02 Å². The third kappa shape index (κ3) is 4.80. The second-order valence-corrected chi connectivity index (χ2v) is 5.72. The van der Waals surface area contributed by atoms with Crippen LogP contribution in [0, 0.1) is 5.82 Å². The normalized spacial score (nSPS) is 13.2. The maximum absolute atomic E-state index is 13.8. The lowest BCUT2D eigenvalue weighted by molar-refractivity contribution is -0.155. The molecule has 5 heteroatoms. The summed E-state index contributed by atoms with van der Waals surface area (Å²) >= 11 is 5.69. The number of aliphatic hydroxyl groups is 1. The largest absolute Gasteiger partial charge is 0.460 e. The Balaban J connectivity index is 2.84. The molecule has 0 fully saturated rings. The lowest BCUT2D eigenvalue weighted by atomic mass is 9.96. The number of rotatable bonds is 4. The van der Waals surface area contributed by atoms with Crippen LogP contribution < -0.4 is 0 Å². The summed E-state index contributed by atoms with van der Waals surface area (Å²) < 4.78 is 19.0. The van der Waals surface area contributed by atoms with Crippen molar-refractivity contribution in [2.24, 2.45) is 0 Å². The molecule has 3 nitrogen and oxygen atoms in total. The molecule has 0 spiro atoms. The van der Waals surface area contributed by atoms with Crippen LogP contribution in [-0.2, 0) is 9.53 Å². The summed E-state index contributed by atoms with van der Waals surface area (Å²) in [6, 6.07) is 4.51. The molecule has 0 aliphatic heterocycles. The number of aliphatic hydroxyl groups excluding tert-OH is 1. The molecule has 1 atom stereocenters. The first kappa shape index (κ1) is 15.9. The molecule has 1 aromatic carbocycles. The van der Waals surface area contributed by atoms with Crippen molar-refractivity contribution in [3.8, 4) is 0 Å². The lowest BCUT2D eigenvalue weighted by Crippen LogP contribution is -2.25. The molecule has 0 radical (unpaired) electrons. The summed E-state index contributed by atoms with van der Waals surface area (Å²) in [6.45, 7) is 4.90. The third-order valence-corrected chi connectivity index (χ3v) is 2.77. The number of carbonyl (C=O) groups excluding carboxylic acids is 1. The minimum Gasteiger partial charge on any atom is -0.460 e. The molecule has 1 unspecified atom stereocenters. The summed E-state index contributed by atoms with van der Waals surface area (Å²) in [5, 5.41) is 9.30. The van der Waals surface area contributed by atoms with Crippen molar-refractivity contribution >= 4 is 17.6 Å². The third-order valence-electron chi connectivity index (χ3n) is 2.47. The molecule has 0 aromatic heterocycles. The minimum atomic E-state index is -0.659. The van der Waals surface area contributed by atoms with Crippen molar-refractivity contribution in [2.75, 3.05) is 6.61 Å². The first-order valence-corrected chi connectivity index (χ1v) is 6.39. The minimum absolute atomic E-state index is 0.0276. The fraction of sp³-hybridized carbons (Fsp3) is 0.500. The van der Waals surface area contributed by atoms with E-state index >= 15 is 0 Å². The summed E-state index contributed by atoms with van der Waals surface area (Å²) in [5.74, 6) is -1.74. The van der Waals surface area contributed by atoms with Gasteiger partial charge < -0.3 is 9.84 Å². The summed E-state index contributed by atoms with van der Waals surface area (Å²) in [7, 11) is 0. The van der Waals surface area contributed by atoms with Gasteiger partial charge >= 0.3 is 5.97 Å². The molecular formula is C14H18ClFO3. The monoisotopic (exact) mass is 288 g/mol. The summed E-state index contributed by atoms with van der Waals surface area (Å²) in [5.41, 5.74) is -0.384. The van der Waals surface area contributed by atoms with Crippen LogP contribution in [0.25, 0.3) is 0 Å². The second-order valence-electron chi connectivity index (χ2n) is 5.31. The van der Waals surface area contributed by atoms with Crippen molar-refractivity contribution in [3.63, 3.8) is 0 Å². The number of hydrogen-bond donors (Lipinski definition) is 1. The van der Waals surface area contributed by atoms with E-state index in [9.17, 15) is 14.3 Å². The Bertz CT molecular complexity index is 454. The van der Waals surface area contributed by atoms with Gasteiger partial charge in [0.15, 0.2) is 0 Å². The van der Waals surface area contributed by atoms with Crippen molar-refractivity contribution < 1.29 is 19.0 Å². The number of halogens is 2. The Morgan fingerprint density at radius 3 is 2.63 bits per heavy atom. The number of carbonyl (C=O) groups is 1. The average Bonchev–Trinajstić information content (AvgIpc) is 2.27. The van der Waals surface area contributed by atoms with E-state index in [0.717, 1.165) is 0 Å². The maximum Gasteiger partial charge on any atom is 0.307 e. The number of esters is 1. The standard InChI is InChI=1S/C14H18ClFO3/c1-14(2,3)19-12(18)7-9(8-17)10-5-4-6-11(15)13(10)16/h4-6,9,17H,7-8H2,1-3H3. The number of benzene rings is 1. The topological polar surface area (TPSA) is 46.5 Å². The van der Waals surface area contributed by atoms with Gasteiger partial charge in [0.05, 0.1) is 18.1 Å². The number of hydrogen-bond acceptors (Lipinski definition) is 3. The zero-order chi connectivity index (χ0) is 14.6. The SMILES string of the molecule is CC(C)(C)OC(=O)CC(CO)c1cccc(Cl)c1F. The molecule has 0 aliphatic carbocycles. The first-order valence-electron chi connectivity index (χ1n) is 6.01. The van der Waals surface area contributed by atoms with Gasteiger partial charge in [-0.25, -0.2) is 4.39 Å². The highest BCUT2D eigenvalue weighted by molar-refractivity contribution is 6.30. The first-order chi connectivity index (χ1) is 8.74. The van der Waals surface area contributed by atoms with Gasteiger partial charge in [0.2, 0.25) is 0 Å². The molecule has 1 aromatic rings. The van der Waals surface area contributed by atoms with Crippen molar-refractivity contribution in [1.29, 1.82) is 0 Å². The Morgan fingerprint density at radius 2 is 2.11 bits per heavy atom. The molecule has 0 saturated heterocycles. The zero-order valence-electron chi connectivity index (χ0n) is 11.2. The van der Waals surface area contributed by atoms with Crippen LogP contribution in [0.5, 0.6) is 0 Å². The molecule has 0 bridgehead atoms. The molecule has 1 rings (SSSR count). The van der Waals surface area contributed by atoms with Crippen molar-refractivity contribution in [1.82, 2.24) is 0 Å². The van der Waals surface area contributed by atoms with Crippen molar-refractivity contribution in [3.05, 3.63) is 34.6 Å². The van der Waals surface area contributed by atoms with E-state index in [1.165, 1.54) is 12.1 Å². The molecule has 0 heterocycles. The number of ether oxygens (including phenoxy) is 1. The van der Waals surface area contributed by atoms with Gasteiger partial charge in [-0.05, 0) is 32.4 Å². The van der Waals surface area contributed by atoms with Gasteiger partial charge in [-0.2, -0.15) is 0 Å². The average molecular weight is 289 g/mol. The van der Waals surface area contributed by atoms with Gasteiger partial charge in [-0.1, -0.05) is 23.7 Å². The van der Waals surface area contributed by atoms with E-state index in [0.29, 0.717) is 0 Å². The van der Waals surface area contributed by atoms with Crippen LogP contribution in [-0.4, -0.2) is 23.3 Å². The highest BCUT2D eigenvalue weighted by Gasteiger charge is 2.23. The van der Waals surface area contributed by atoms with Gasteiger partial charge in [0.1, 0.15) is 11.4 Å². The van der Waals surface area contributed by atoms with Crippen molar-refractivity contribution in [2.45, 2.75) is 38.7 Å². The maximum atomic E-state index is 13.8. The van der Waals surface area contributed by atoms with E-state index in [-0.39, 0.29) is 23.6 Å². The zero-order valence-corrected chi connectivity index (χ0v) is 12.0. The molecule has 0 saturated carbocycles. The van der Waals surface area contributed by atoms with E-state index in [1.807, 2.05) is 0 Å². The molecule has 0 amide bonds. The van der Waals surface area contributed by atoms with Crippen LogP contribution in [0.4, 0.5) is 4.39 Å². The summed E-state index contributed by atoms with van der Waals surface area (Å²) in [4.78, 5) is 11.7. The fourth-order valence-electron chi connectivity index (χ4n) is 1.69. The van der Waals surface area contributed by atoms with E-state index in [1.54, 1.807) is 26.8 Å². The molecule has 1 N–H and O–H groups in total. The van der Waals surface area contributed by atoms with E-state index in [2.05, 4.69) is 0 Å². The van der Waals surface area contributed by atoms with Crippen LogP contribution in [0.15, 0.2) is 18.2 Å². The van der Waals surface area contributed by atoms with Gasteiger partial charge in [0, 0.05) is 5.92 Å². The predicted molar refractivity (Wildman–Crippen MR) is 71.7 cm³/mol. The highest BCUT2D eigenvalue weighted by atomic mass is 35.5. The van der Waals surface area contributed by atoms with Gasteiger partial charge in [-0.3, -0.25) is 4.79 Å². The smallest absolute Gasteiger partial charge is 0.307 e. The van der Waals surface area contributed by atoms with Gasteiger partial charge in [0.25, 0.3) is 0 Å². The Labute approximate surface area is 117 Å². The Hall–Kier alpha value is -1.13. The molecule has 0 aliphatic rings. The van der Waals surface area contributed by atoms with E-state index in [4.69, 9.17) is 16.3 Å². The fourth-order valence-corrected chi connectivity index (χ4v) is 1.87. The quantitative estimate of drug-likeness (QED) is 0.865. The molecule has 19 heavy (non-hydrogen) atoms. The molecular weight excluding hydrogens is 271 g/mol. The Kier molecular flexibility index (Phi) is 5.32.